The Morgan fingerprint density at radius 3 is 2.42 bits per heavy atom. The maximum Gasteiger partial charge on any atom is 0.256 e. The van der Waals surface area contributed by atoms with Gasteiger partial charge in [0.2, 0.25) is 0 Å². The van der Waals surface area contributed by atoms with Gasteiger partial charge in [-0.1, -0.05) is 45.0 Å². The van der Waals surface area contributed by atoms with Crippen molar-refractivity contribution in [3.8, 4) is 17.0 Å². The molecule has 0 atom stereocenters. The lowest BCUT2D eigenvalue weighted by atomic mass is 9.87. The Morgan fingerprint density at radius 1 is 1.03 bits per heavy atom. The number of anilines is 1. The second-order valence-corrected chi connectivity index (χ2v) is 8.72. The van der Waals surface area contributed by atoms with Crippen molar-refractivity contribution in [1.82, 2.24) is 9.38 Å². The van der Waals surface area contributed by atoms with Crippen LogP contribution in [0.3, 0.4) is 0 Å². The van der Waals surface area contributed by atoms with Crippen molar-refractivity contribution >= 4 is 17.4 Å². The lowest BCUT2D eigenvalue weighted by Crippen LogP contribution is -2.15. The van der Waals surface area contributed by atoms with Gasteiger partial charge < -0.3 is 10.1 Å². The molecule has 4 rings (SSSR count). The number of fused-ring (bicyclic) bond motifs is 1. The molecule has 0 unspecified atom stereocenters. The highest BCUT2D eigenvalue weighted by molar-refractivity contribution is 6.06. The van der Waals surface area contributed by atoms with Crippen LogP contribution in [0.25, 0.3) is 16.9 Å². The second kappa shape index (κ2) is 7.91. The first-order chi connectivity index (χ1) is 14.8. The molecular weight excluding hydrogens is 386 g/mol. The largest absolute Gasteiger partial charge is 0.496 e. The number of rotatable bonds is 4. The summed E-state index contributed by atoms with van der Waals surface area (Å²) in [4.78, 5) is 18.0. The number of methoxy groups -OCH3 is 1. The second-order valence-electron chi connectivity index (χ2n) is 8.72. The Labute approximate surface area is 182 Å². The van der Waals surface area contributed by atoms with E-state index in [4.69, 9.17) is 9.72 Å². The third-order valence-electron chi connectivity index (χ3n) is 5.39. The Hall–Kier alpha value is -3.60. The number of hydrogen-bond acceptors (Lipinski definition) is 3. The number of aryl methyl sites for hydroxylation is 1. The van der Waals surface area contributed by atoms with Gasteiger partial charge in [-0.2, -0.15) is 0 Å². The van der Waals surface area contributed by atoms with Crippen LogP contribution < -0.4 is 10.1 Å². The summed E-state index contributed by atoms with van der Waals surface area (Å²) in [7, 11) is 1.63. The summed E-state index contributed by atoms with van der Waals surface area (Å²) in [5, 5.41) is 3.08. The van der Waals surface area contributed by atoms with Gasteiger partial charge in [0.1, 0.15) is 22.9 Å². The van der Waals surface area contributed by atoms with Crippen LogP contribution >= 0.6 is 0 Å². The van der Waals surface area contributed by atoms with Crippen LogP contribution in [0.5, 0.6) is 5.75 Å². The lowest BCUT2D eigenvalue weighted by molar-refractivity contribution is 0.102. The number of para-hydroxylation sites is 1. The van der Waals surface area contributed by atoms with Crippen LogP contribution in [0.15, 0.2) is 66.9 Å². The Balaban J connectivity index is 1.78. The van der Waals surface area contributed by atoms with Crippen LogP contribution in [0.4, 0.5) is 5.82 Å². The topological polar surface area (TPSA) is 55.6 Å². The summed E-state index contributed by atoms with van der Waals surface area (Å²) in [6.45, 7) is 8.48. The Morgan fingerprint density at radius 2 is 1.74 bits per heavy atom. The molecule has 0 aliphatic carbocycles. The van der Waals surface area contributed by atoms with Gasteiger partial charge in [-0.3, -0.25) is 9.20 Å². The first-order valence-corrected chi connectivity index (χ1v) is 10.3. The zero-order valence-corrected chi connectivity index (χ0v) is 18.6. The van der Waals surface area contributed by atoms with E-state index in [0.29, 0.717) is 22.8 Å². The number of imidazole rings is 1. The van der Waals surface area contributed by atoms with E-state index in [9.17, 15) is 4.79 Å². The van der Waals surface area contributed by atoms with Crippen LogP contribution in [0.2, 0.25) is 0 Å². The van der Waals surface area contributed by atoms with Crippen molar-refractivity contribution in [3.05, 3.63) is 83.6 Å². The number of pyridine rings is 1. The van der Waals surface area contributed by atoms with Gasteiger partial charge in [-0.25, -0.2) is 4.98 Å². The molecule has 158 valence electrons. The van der Waals surface area contributed by atoms with Gasteiger partial charge in [-0.05, 0) is 59.9 Å². The summed E-state index contributed by atoms with van der Waals surface area (Å²) < 4.78 is 7.45. The van der Waals surface area contributed by atoms with Gasteiger partial charge in [0, 0.05) is 17.3 Å². The van der Waals surface area contributed by atoms with E-state index in [-0.39, 0.29) is 11.3 Å². The third kappa shape index (κ3) is 4.04. The molecule has 31 heavy (non-hydrogen) atoms. The molecule has 0 fully saturated rings. The molecule has 2 aromatic carbocycles. The van der Waals surface area contributed by atoms with E-state index in [0.717, 1.165) is 16.8 Å². The van der Waals surface area contributed by atoms with Crippen LogP contribution in [0, 0.1) is 6.92 Å². The quantitative estimate of drug-likeness (QED) is 0.455. The molecule has 0 aliphatic rings. The van der Waals surface area contributed by atoms with Gasteiger partial charge in [0.05, 0.1) is 7.11 Å². The van der Waals surface area contributed by atoms with Crippen molar-refractivity contribution in [2.24, 2.45) is 0 Å². The molecule has 4 aromatic rings. The molecule has 2 aromatic heterocycles. The predicted octanol–water partition coefficient (Wildman–Crippen LogP) is 5.87. The van der Waals surface area contributed by atoms with Crippen molar-refractivity contribution in [2.45, 2.75) is 33.1 Å². The molecule has 2 heterocycles. The molecular formula is C26H27N3O2. The molecule has 5 nitrogen and oxygen atoms in total. The molecule has 0 saturated carbocycles. The minimum Gasteiger partial charge on any atom is -0.496 e. The molecule has 0 saturated heterocycles. The summed E-state index contributed by atoms with van der Waals surface area (Å²) >= 11 is 0. The summed E-state index contributed by atoms with van der Waals surface area (Å²) in [5.41, 5.74) is 5.17. The molecule has 1 amide bonds. The van der Waals surface area contributed by atoms with E-state index >= 15 is 0 Å². The first-order valence-electron chi connectivity index (χ1n) is 10.3. The van der Waals surface area contributed by atoms with Crippen molar-refractivity contribution in [2.75, 3.05) is 12.4 Å². The van der Waals surface area contributed by atoms with Crippen LogP contribution in [-0.4, -0.2) is 22.4 Å². The van der Waals surface area contributed by atoms with E-state index in [2.05, 4.69) is 26.1 Å². The number of amides is 1. The number of carbonyl (C=O) groups is 1. The highest BCUT2D eigenvalue weighted by atomic mass is 16.5. The third-order valence-corrected chi connectivity index (χ3v) is 5.39. The predicted molar refractivity (Wildman–Crippen MR) is 125 cm³/mol. The fraction of sp³-hybridized carbons (Fsp3) is 0.231. The van der Waals surface area contributed by atoms with Crippen molar-refractivity contribution < 1.29 is 9.53 Å². The van der Waals surface area contributed by atoms with Gasteiger partial charge in [0.15, 0.2) is 0 Å². The SMILES string of the molecule is COc1ccccc1-c1nc2cc(C)ccn2c1NC(=O)c1ccc(C(C)(C)C)cc1. The zero-order valence-electron chi connectivity index (χ0n) is 18.6. The average Bonchev–Trinajstić information content (AvgIpc) is 3.10. The number of aromatic nitrogens is 2. The number of ether oxygens (including phenoxy) is 1. The maximum absolute atomic E-state index is 13.1. The zero-order chi connectivity index (χ0) is 22.2. The van der Waals surface area contributed by atoms with E-state index in [1.54, 1.807) is 7.11 Å². The monoisotopic (exact) mass is 413 g/mol. The molecule has 5 heteroatoms. The van der Waals surface area contributed by atoms with Crippen molar-refractivity contribution in [1.29, 1.82) is 0 Å². The lowest BCUT2D eigenvalue weighted by Gasteiger charge is -2.19. The van der Waals surface area contributed by atoms with E-state index < -0.39 is 0 Å². The molecule has 0 aliphatic heterocycles. The van der Waals surface area contributed by atoms with Crippen molar-refractivity contribution in [3.63, 3.8) is 0 Å². The molecule has 0 bridgehead atoms. The fourth-order valence-corrected chi connectivity index (χ4v) is 3.60. The molecule has 0 radical (unpaired) electrons. The maximum atomic E-state index is 13.1. The number of benzene rings is 2. The van der Waals surface area contributed by atoms with Crippen LogP contribution in [-0.2, 0) is 5.41 Å². The van der Waals surface area contributed by atoms with E-state index in [1.165, 1.54) is 5.56 Å². The smallest absolute Gasteiger partial charge is 0.256 e. The van der Waals surface area contributed by atoms with Crippen LogP contribution in [0.1, 0.15) is 42.3 Å². The minimum atomic E-state index is -0.181. The highest BCUT2D eigenvalue weighted by Gasteiger charge is 2.20. The number of nitrogens with zero attached hydrogens (tertiary/aromatic N) is 2. The average molecular weight is 414 g/mol. The van der Waals surface area contributed by atoms with Gasteiger partial charge in [-0.15, -0.1) is 0 Å². The summed E-state index contributed by atoms with van der Waals surface area (Å²) in [6, 6.07) is 19.4. The number of hydrogen-bond donors (Lipinski definition) is 1. The fourth-order valence-electron chi connectivity index (χ4n) is 3.60. The normalized spacial score (nSPS) is 11.5. The summed E-state index contributed by atoms with van der Waals surface area (Å²) in [6.07, 6.45) is 1.93. The summed E-state index contributed by atoms with van der Waals surface area (Å²) in [5.74, 6) is 1.14. The van der Waals surface area contributed by atoms with E-state index in [1.807, 2.05) is 78.2 Å². The highest BCUT2D eigenvalue weighted by Crippen LogP contribution is 2.35. The minimum absolute atomic E-state index is 0.0333. The molecule has 0 spiro atoms. The number of nitrogens with one attached hydrogen (secondary N) is 1. The Bertz CT molecular complexity index is 1250. The number of carbonyl (C=O) groups excluding carboxylic acids is 1. The first kappa shape index (κ1) is 20.7. The van der Waals surface area contributed by atoms with Gasteiger partial charge in [0.25, 0.3) is 5.91 Å². The Kier molecular flexibility index (Phi) is 5.27. The van der Waals surface area contributed by atoms with Gasteiger partial charge >= 0.3 is 0 Å². The molecule has 1 N–H and O–H groups in total. The standard InChI is InChI=1S/C26H27N3O2/c1-17-14-15-29-22(16-17)27-23(20-8-6-7-9-21(20)31-5)24(29)28-25(30)18-10-12-19(13-11-18)26(2,3)4/h6-16H,1-5H3,(H,28,30).